The predicted molar refractivity (Wildman–Crippen MR) is 60.5 cm³/mol. The van der Waals surface area contributed by atoms with Crippen LogP contribution in [0, 0.1) is 0 Å². The highest BCUT2D eigenvalue weighted by molar-refractivity contribution is 6.34. The fourth-order valence-electron chi connectivity index (χ4n) is 1.50. The van der Waals surface area contributed by atoms with Gasteiger partial charge < -0.3 is 9.64 Å². The highest BCUT2D eigenvalue weighted by Gasteiger charge is 2.20. The summed E-state index contributed by atoms with van der Waals surface area (Å²) < 4.78 is 5.22. The average molecular weight is 265 g/mol. The molecule has 0 aromatic carbocycles. The molecule has 0 radical (unpaired) electrons. The van der Waals surface area contributed by atoms with Crippen molar-refractivity contribution < 1.29 is 9.94 Å². The lowest BCUT2D eigenvalue weighted by Crippen LogP contribution is -2.37. The van der Waals surface area contributed by atoms with Crippen molar-refractivity contribution in [1.29, 1.82) is 0 Å². The van der Waals surface area contributed by atoms with Crippen molar-refractivity contribution in [3.63, 3.8) is 0 Å². The molecule has 2 N–H and O–H groups in total. The zero-order valence-electron chi connectivity index (χ0n) is 8.28. The zero-order valence-corrected chi connectivity index (χ0v) is 9.79. The Morgan fingerprint density at radius 1 is 1.25 bits per heavy atom. The van der Waals surface area contributed by atoms with E-state index < -0.39 is 0 Å². The van der Waals surface area contributed by atoms with E-state index in [1.54, 1.807) is 0 Å². The van der Waals surface area contributed by atoms with E-state index in [1.165, 1.54) is 0 Å². The third kappa shape index (κ3) is 2.30. The van der Waals surface area contributed by atoms with Crippen molar-refractivity contribution in [1.82, 2.24) is 9.97 Å². The largest absolute Gasteiger partial charge is 0.378 e. The summed E-state index contributed by atoms with van der Waals surface area (Å²) in [6, 6.07) is 0. The highest BCUT2D eigenvalue weighted by Crippen LogP contribution is 2.31. The smallest absolute Gasteiger partial charge is 0.225 e. The molecule has 1 aliphatic heterocycles. The zero-order chi connectivity index (χ0) is 11.5. The SMILES string of the molecule is ONc1c(Cl)nc(Cl)nc1N1CCOCC1. The first-order valence-corrected chi connectivity index (χ1v) is 5.44. The Labute approximate surface area is 102 Å². The van der Waals surface area contributed by atoms with Crippen LogP contribution in [-0.4, -0.2) is 41.5 Å². The summed E-state index contributed by atoms with van der Waals surface area (Å²) >= 11 is 11.6. The molecule has 0 spiro atoms. The molecule has 16 heavy (non-hydrogen) atoms. The van der Waals surface area contributed by atoms with E-state index >= 15 is 0 Å². The Kier molecular flexibility index (Phi) is 3.65. The number of halogens is 2. The summed E-state index contributed by atoms with van der Waals surface area (Å²) in [5, 5.41) is 9.14. The van der Waals surface area contributed by atoms with Crippen molar-refractivity contribution in [3.05, 3.63) is 10.4 Å². The summed E-state index contributed by atoms with van der Waals surface area (Å²) in [6.07, 6.45) is 0. The van der Waals surface area contributed by atoms with E-state index in [0.29, 0.717) is 32.1 Å². The molecule has 0 bridgehead atoms. The van der Waals surface area contributed by atoms with Crippen molar-refractivity contribution in [2.75, 3.05) is 36.7 Å². The van der Waals surface area contributed by atoms with Crippen LogP contribution in [0.3, 0.4) is 0 Å². The number of nitrogens with zero attached hydrogens (tertiary/aromatic N) is 3. The average Bonchev–Trinajstić information content (AvgIpc) is 2.29. The molecule has 1 aromatic rings. The lowest BCUT2D eigenvalue weighted by Gasteiger charge is -2.29. The summed E-state index contributed by atoms with van der Waals surface area (Å²) in [5.41, 5.74) is 2.25. The van der Waals surface area contributed by atoms with E-state index in [4.69, 9.17) is 33.1 Å². The van der Waals surface area contributed by atoms with Crippen LogP contribution in [0.25, 0.3) is 0 Å². The standard InChI is InChI=1S/C8H10Cl2N4O2/c9-6-5(13-15)7(12-8(10)11-6)14-1-3-16-4-2-14/h13,15H,1-4H2. The summed E-state index contributed by atoms with van der Waals surface area (Å²) in [4.78, 5) is 9.70. The van der Waals surface area contributed by atoms with Gasteiger partial charge in [0, 0.05) is 13.1 Å². The number of anilines is 2. The van der Waals surface area contributed by atoms with Gasteiger partial charge >= 0.3 is 0 Å². The Morgan fingerprint density at radius 2 is 1.94 bits per heavy atom. The van der Waals surface area contributed by atoms with E-state index in [2.05, 4.69) is 9.97 Å². The van der Waals surface area contributed by atoms with Gasteiger partial charge in [0.25, 0.3) is 0 Å². The lowest BCUT2D eigenvalue weighted by molar-refractivity contribution is 0.122. The molecule has 0 amide bonds. The molecule has 2 rings (SSSR count). The monoisotopic (exact) mass is 264 g/mol. The Hall–Kier alpha value is -0.820. The normalized spacial score (nSPS) is 16.3. The molecule has 0 unspecified atom stereocenters. The lowest BCUT2D eigenvalue weighted by atomic mass is 10.3. The molecule has 6 nitrogen and oxygen atoms in total. The molecule has 1 fully saturated rings. The second-order valence-corrected chi connectivity index (χ2v) is 3.89. The van der Waals surface area contributed by atoms with Gasteiger partial charge in [-0.25, -0.2) is 4.98 Å². The van der Waals surface area contributed by atoms with Crippen LogP contribution in [0.15, 0.2) is 0 Å². The molecule has 0 aliphatic carbocycles. The number of rotatable bonds is 2. The maximum atomic E-state index is 9.01. The van der Waals surface area contributed by atoms with Gasteiger partial charge in [0.05, 0.1) is 13.2 Å². The maximum Gasteiger partial charge on any atom is 0.225 e. The number of nitrogens with one attached hydrogen (secondary N) is 1. The molecule has 8 heteroatoms. The van der Waals surface area contributed by atoms with Gasteiger partial charge in [0.1, 0.15) is 5.69 Å². The first-order valence-electron chi connectivity index (χ1n) is 4.68. The second-order valence-electron chi connectivity index (χ2n) is 3.19. The minimum atomic E-state index is 0.0468. The minimum Gasteiger partial charge on any atom is -0.378 e. The summed E-state index contributed by atoms with van der Waals surface area (Å²) in [6.45, 7) is 2.53. The van der Waals surface area contributed by atoms with E-state index in [-0.39, 0.29) is 16.1 Å². The molecule has 1 aromatic heterocycles. The summed E-state index contributed by atoms with van der Waals surface area (Å²) in [5.74, 6) is 0.482. The molecule has 0 saturated carbocycles. The molecule has 88 valence electrons. The third-order valence-electron chi connectivity index (χ3n) is 2.24. The number of hydrogen-bond acceptors (Lipinski definition) is 6. The van der Waals surface area contributed by atoms with Crippen molar-refractivity contribution >= 4 is 34.7 Å². The third-order valence-corrected chi connectivity index (χ3v) is 2.68. The molecule has 1 saturated heterocycles. The Bertz CT molecular complexity index is 385. The van der Waals surface area contributed by atoms with Crippen LogP contribution in [0.2, 0.25) is 10.4 Å². The topological polar surface area (TPSA) is 70.5 Å². The van der Waals surface area contributed by atoms with Gasteiger partial charge in [-0.1, -0.05) is 11.6 Å². The van der Waals surface area contributed by atoms with Gasteiger partial charge in [-0.15, -0.1) is 0 Å². The second kappa shape index (κ2) is 5.01. The fraction of sp³-hybridized carbons (Fsp3) is 0.500. The van der Waals surface area contributed by atoms with E-state index in [1.807, 2.05) is 10.4 Å². The van der Waals surface area contributed by atoms with Gasteiger partial charge in [-0.05, 0) is 11.6 Å². The van der Waals surface area contributed by atoms with Gasteiger partial charge in [0.15, 0.2) is 11.0 Å². The number of hydrogen-bond donors (Lipinski definition) is 2. The van der Waals surface area contributed by atoms with Crippen LogP contribution in [0.5, 0.6) is 0 Å². The van der Waals surface area contributed by atoms with E-state index in [0.717, 1.165) is 0 Å². The van der Waals surface area contributed by atoms with Crippen molar-refractivity contribution in [3.8, 4) is 0 Å². The Morgan fingerprint density at radius 3 is 2.56 bits per heavy atom. The van der Waals surface area contributed by atoms with Crippen LogP contribution in [-0.2, 0) is 4.74 Å². The van der Waals surface area contributed by atoms with Crippen LogP contribution >= 0.6 is 23.2 Å². The van der Waals surface area contributed by atoms with Crippen LogP contribution in [0.1, 0.15) is 0 Å². The van der Waals surface area contributed by atoms with Crippen molar-refractivity contribution in [2.24, 2.45) is 0 Å². The molecular weight excluding hydrogens is 255 g/mol. The highest BCUT2D eigenvalue weighted by atomic mass is 35.5. The maximum absolute atomic E-state index is 9.01. The first-order chi connectivity index (χ1) is 7.72. The Balaban J connectivity index is 2.36. The molecule has 1 aliphatic rings. The number of morpholine rings is 1. The summed E-state index contributed by atoms with van der Waals surface area (Å²) in [7, 11) is 0. The molecule has 0 atom stereocenters. The van der Waals surface area contributed by atoms with Crippen molar-refractivity contribution in [2.45, 2.75) is 0 Å². The van der Waals surface area contributed by atoms with Gasteiger partial charge in [0.2, 0.25) is 5.28 Å². The van der Waals surface area contributed by atoms with Gasteiger partial charge in [-0.2, -0.15) is 4.98 Å². The molecule has 2 heterocycles. The van der Waals surface area contributed by atoms with E-state index in [9.17, 15) is 0 Å². The predicted octanol–water partition coefficient (Wildman–Crippen LogP) is 1.42. The van der Waals surface area contributed by atoms with Crippen LogP contribution in [0.4, 0.5) is 11.5 Å². The number of ether oxygens (including phenoxy) is 1. The van der Waals surface area contributed by atoms with Crippen LogP contribution < -0.4 is 10.4 Å². The quantitative estimate of drug-likeness (QED) is 0.478. The molecular formula is C8H10Cl2N4O2. The van der Waals surface area contributed by atoms with Gasteiger partial charge in [-0.3, -0.25) is 10.7 Å². The minimum absolute atomic E-state index is 0.0468. The number of aromatic nitrogens is 2. The first kappa shape index (κ1) is 11.7. The fourth-order valence-corrected chi connectivity index (χ4v) is 1.91.